The first kappa shape index (κ1) is 21.1. The number of halogens is 2. The van der Waals surface area contributed by atoms with Gasteiger partial charge in [0, 0.05) is 35.4 Å². The predicted molar refractivity (Wildman–Crippen MR) is 124 cm³/mol. The summed E-state index contributed by atoms with van der Waals surface area (Å²) < 4.78 is 18.0. The highest BCUT2D eigenvalue weighted by Crippen LogP contribution is 2.41. The van der Waals surface area contributed by atoms with E-state index in [-0.39, 0.29) is 30.5 Å². The smallest absolute Gasteiger partial charge is 0.254 e. The zero-order valence-electron chi connectivity index (χ0n) is 17.6. The zero-order valence-corrected chi connectivity index (χ0v) is 18.3. The van der Waals surface area contributed by atoms with Crippen molar-refractivity contribution in [1.82, 2.24) is 24.1 Å². The van der Waals surface area contributed by atoms with Crippen LogP contribution in [0.2, 0.25) is 5.02 Å². The van der Waals surface area contributed by atoms with Gasteiger partial charge in [0.1, 0.15) is 5.65 Å². The number of carbonyl (C=O) groups excluding carboxylic acids is 1. The summed E-state index contributed by atoms with van der Waals surface area (Å²) in [5, 5.41) is 3.37. The molecule has 0 aromatic carbocycles. The number of aromatic nitrogens is 4. The van der Waals surface area contributed by atoms with Gasteiger partial charge in [0.2, 0.25) is 5.95 Å². The molecule has 4 aromatic heterocycles. The Morgan fingerprint density at radius 3 is 3.00 bits per heavy atom. The number of carbonyl (C=O) groups is 1. The average molecular weight is 466 g/mol. The van der Waals surface area contributed by atoms with Crippen LogP contribution >= 0.6 is 11.6 Å². The minimum absolute atomic E-state index is 0.189. The van der Waals surface area contributed by atoms with Crippen LogP contribution in [0.15, 0.2) is 59.8 Å². The van der Waals surface area contributed by atoms with Crippen molar-refractivity contribution in [1.29, 1.82) is 0 Å². The molecule has 4 heterocycles. The van der Waals surface area contributed by atoms with Crippen molar-refractivity contribution in [2.24, 2.45) is 10.7 Å². The number of fused-ring (bicyclic) bond motifs is 2. The maximum atomic E-state index is 14.7. The van der Waals surface area contributed by atoms with Crippen LogP contribution in [0.5, 0.6) is 0 Å². The zero-order chi connectivity index (χ0) is 22.9. The predicted octanol–water partition coefficient (Wildman–Crippen LogP) is 3.38. The highest BCUT2D eigenvalue weighted by molar-refractivity contribution is 6.30. The van der Waals surface area contributed by atoms with Crippen LogP contribution in [0.4, 0.5) is 4.39 Å². The van der Waals surface area contributed by atoms with Crippen LogP contribution in [-0.2, 0) is 17.9 Å². The van der Waals surface area contributed by atoms with Crippen molar-refractivity contribution >= 4 is 34.9 Å². The maximum Gasteiger partial charge on any atom is 0.254 e. The molecule has 0 aliphatic heterocycles. The molecule has 4 aromatic rings. The molecule has 8 nitrogen and oxygen atoms in total. The van der Waals surface area contributed by atoms with E-state index < -0.39 is 0 Å². The van der Waals surface area contributed by atoms with Gasteiger partial charge in [-0.15, -0.1) is 0 Å². The lowest BCUT2D eigenvalue weighted by molar-refractivity contribution is -0.117. The molecular weight excluding hydrogens is 445 g/mol. The molecule has 0 radical (unpaired) electrons. The summed E-state index contributed by atoms with van der Waals surface area (Å²) in [7, 11) is 0. The summed E-state index contributed by atoms with van der Waals surface area (Å²) >= 11 is 6.05. The van der Waals surface area contributed by atoms with Gasteiger partial charge in [-0.2, -0.15) is 4.39 Å². The fourth-order valence-corrected chi connectivity index (χ4v) is 3.86. The first-order chi connectivity index (χ1) is 16.0. The van der Waals surface area contributed by atoms with Crippen molar-refractivity contribution in [2.45, 2.75) is 31.8 Å². The highest BCUT2D eigenvalue weighted by Gasteiger charge is 2.27. The summed E-state index contributed by atoms with van der Waals surface area (Å²) in [5.41, 5.74) is 9.15. The van der Waals surface area contributed by atoms with Gasteiger partial charge in [0.15, 0.2) is 0 Å². The highest BCUT2D eigenvalue weighted by atomic mass is 35.5. The van der Waals surface area contributed by atoms with Crippen LogP contribution in [0.3, 0.4) is 0 Å². The lowest BCUT2D eigenvalue weighted by Crippen LogP contribution is -2.26. The fraction of sp³-hybridized carbons (Fsp3) is 0.217. The van der Waals surface area contributed by atoms with E-state index in [1.165, 1.54) is 16.8 Å². The molecule has 5 rings (SSSR count). The lowest BCUT2D eigenvalue weighted by atomic mass is 10.2. The van der Waals surface area contributed by atoms with Crippen molar-refractivity contribution in [2.75, 3.05) is 0 Å². The number of amides is 1. The molecular formula is C23H21ClFN7O. The van der Waals surface area contributed by atoms with E-state index in [4.69, 9.17) is 17.3 Å². The Morgan fingerprint density at radius 2 is 2.21 bits per heavy atom. The number of imidazole rings is 2. The summed E-state index contributed by atoms with van der Waals surface area (Å²) in [6.45, 7) is 0.393. The second-order valence-electron chi connectivity index (χ2n) is 7.92. The molecule has 168 valence electrons. The van der Waals surface area contributed by atoms with Crippen molar-refractivity contribution in [3.8, 4) is 0 Å². The monoisotopic (exact) mass is 465 g/mol. The Bertz CT molecular complexity index is 1420. The number of hydrogen-bond donors (Lipinski definition) is 2. The van der Waals surface area contributed by atoms with E-state index in [1.807, 2.05) is 10.5 Å². The number of aliphatic imine (C=N–C) groups is 1. The molecule has 33 heavy (non-hydrogen) atoms. The van der Waals surface area contributed by atoms with Crippen LogP contribution in [0.1, 0.15) is 35.7 Å². The third kappa shape index (κ3) is 4.31. The molecule has 0 saturated heterocycles. The van der Waals surface area contributed by atoms with Crippen LogP contribution in [-0.4, -0.2) is 30.9 Å². The van der Waals surface area contributed by atoms with Gasteiger partial charge in [-0.1, -0.05) is 17.7 Å². The van der Waals surface area contributed by atoms with E-state index in [1.54, 1.807) is 36.9 Å². The van der Waals surface area contributed by atoms with Crippen LogP contribution < -0.4 is 11.1 Å². The van der Waals surface area contributed by atoms with Gasteiger partial charge in [-0.05, 0) is 37.0 Å². The first-order valence-corrected chi connectivity index (χ1v) is 10.9. The molecule has 0 atom stereocenters. The van der Waals surface area contributed by atoms with E-state index in [9.17, 15) is 9.18 Å². The molecule has 0 unspecified atom stereocenters. The van der Waals surface area contributed by atoms with Gasteiger partial charge in [0.25, 0.3) is 5.91 Å². The summed E-state index contributed by atoms with van der Waals surface area (Å²) in [6, 6.07) is 7.16. The van der Waals surface area contributed by atoms with E-state index >= 15 is 0 Å². The first-order valence-electron chi connectivity index (χ1n) is 10.5. The van der Waals surface area contributed by atoms with Crippen molar-refractivity contribution < 1.29 is 9.18 Å². The number of nitrogens with zero attached hydrogens (tertiary/aromatic N) is 5. The van der Waals surface area contributed by atoms with Crippen molar-refractivity contribution in [3.05, 3.63) is 82.7 Å². The van der Waals surface area contributed by atoms with Crippen molar-refractivity contribution in [3.63, 3.8) is 0 Å². The minimum atomic E-state index is -0.389. The standard InChI is InChI=1S/C23H21ClFN7O/c24-16-5-6-31-13-29-19(20(31)7-16)11-28-23(33)15(8-26)9-27-10-17-12-32-21(30-17)4-3-18(22(32)25)14-1-2-14/h3-9,12-14H,1-2,10-11,26H2,(H,28,33). The molecule has 1 aliphatic carbocycles. The quantitative estimate of drug-likeness (QED) is 0.248. The molecule has 1 aliphatic rings. The topological polar surface area (TPSA) is 102 Å². The van der Waals surface area contributed by atoms with Gasteiger partial charge in [-0.3, -0.25) is 14.2 Å². The molecule has 10 heteroatoms. The Labute approximate surface area is 193 Å². The molecule has 1 fully saturated rings. The Kier molecular flexibility index (Phi) is 5.55. The maximum absolute atomic E-state index is 14.7. The van der Waals surface area contributed by atoms with E-state index in [0.29, 0.717) is 28.0 Å². The Balaban J connectivity index is 1.23. The molecule has 1 saturated carbocycles. The molecule has 0 bridgehead atoms. The Hall–Kier alpha value is -3.72. The second-order valence-corrected chi connectivity index (χ2v) is 8.35. The molecule has 0 spiro atoms. The SMILES string of the molecule is NC=C(C=NCc1cn2c(F)c(C3CC3)ccc2n1)C(=O)NCc1ncn2ccc(Cl)cc12. The van der Waals surface area contributed by atoms with Gasteiger partial charge in [-0.25, -0.2) is 9.97 Å². The fourth-order valence-electron chi connectivity index (χ4n) is 3.70. The minimum Gasteiger partial charge on any atom is -0.404 e. The number of rotatable bonds is 7. The average Bonchev–Trinajstić information content (AvgIpc) is 3.43. The largest absolute Gasteiger partial charge is 0.404 e. The second kappa shape index (κ2) is 8.67. The number of nitrogens with two attached hydrogens (primary N) is 1. The van der Waals surface area contributed by atoms with Crippen LogP contribution in [0.25, 0.3) is 11.2 Å². The normalized spacial score (nSPS) is 14.5. The number of hydrogen-bond acceptors (Lipinski definition) is 5. The van der Waals surface area contributed by atoms with Gasteiger partial charge >= 0.3 is 0 Å². The summed E-state index contributed by atoms with van der Waals surface area (Å²) in [4.78, 5) is 25.5. The van der Waals surface area contributed by atoms with E-state index in [0.717, 1.165) is 23.9 Å². The third-order valence-corrected chi connectivity index (χ3v) is 5.82. The van der Waals surface area contributed by atoms with Crippen LogP contribution in [0, 0.1) is 5.95 Å². The molecule has 3 N–H and O–H groups in total. The lowest BCUT2D eigenvalue weighted by Gasteiger charge is -2.04. The Morgan fingerprint density at radius 1 is 1.36 bits per heavy atom. The van der Waals surface area contributed by atoms with Gasteiger partial charge in [0.05, 0.1) is 41.9 Å². The summed E-state index contributed by atoms with van der Waals surface area (Å²) in [5.74, 6) is -0.349. The number of nitrogens with one attached hydrogen (secondary N) is 1. The number of pyridine rings is 2. The van der Waals surface area contributed by atoms with E-state index in [2.05, 4.69) is 20.3 Å². The summed E-state index contributed by atoms with van der Waals surface area (Å²) in [6.07, 6.45) is 9.70. The molecule has 1 amide bonds. The third-order valence-electron chi connectivity index (χ3n) is 5.58. The van der Waals surface area contributed by atoms with Gasteiger partial charge < -0.3 is 15.5 Å².